The molecule has 0 aromatic heterocycles. The van der Waals surface area contributed by atoms with Crippen LogP contribution in [0.15, 0.2) is 24.3 Å². The molecule has 2 unspecified atom stereocenters. The predicted molar refractivity (Wildman–Crippen MR) is 90.8 cm³/mol. The van der Waals surface area contributed by atoms with Crippen LogP contribution in [-0.2, 0) is 0 Å². The van der Waals surface area contributed by atoms with Crippen LogP contribution in [0.5, 0.6) is 5.75 Å². The normalized spacial score (nSPS) is 14.0. The van der Waals surface area contributed by atoms with Gasteiger partial charge in [-0.15, -0.1) is 0 Å². The molecule has 0 bridgehead atoms. The minimum Gasteiger partial charge on any atom is -0.497 e. The van der Waals surface area contributed by atoms with E-state index in [1.807, 2.05) is 0 Å². The van der Waals surface area contributed by atoms with Gasteiger partial charge >= 0.3 is 0 Å². The summed E-state index contributed by atoms with van der Waals surface area (Å²) < 4.78 is 5.23. The SMILES string of the molecule is CCCNC(CSCC(C)CC)c1ccc(OC)cc1. The van der Waals surface area contributed by atoms with Crippen LogP contribution in [0, 0.1) is 5.92 Å². The summed E-state index contributed by atoms with van der Waals surface area (Å²) in [6.07, 6.45) is 2.44. The second kappa shape index (κ2) is 10.1. The third kappa shape index (κ3) is 6.19. The summed E-state index contributed by atoms with van der Waals surface area (Å²) in [5.41, 5.74) is 1.36. The molecule has 2 atom stereocenters. The van der Waals surface area contributed by atoms with Crippen molar-refractivity contribution < 1.29 is 4.74 Å². The van der Waals surface area contributed by atoms with E-state index in [1.165, 1.54) is 24.2 Å². The Labute approximate surface area is 128 Å². The van der Waals surface area contributed by atoms with Crippen LogP contribution in [0.1, 0.15) is 45.2 Å². The molecule has 0 aliphatic heterocycles. The zero-order valence-corrected chi connectivity index (χ0v) is 14.1. The molecule has 1 aromatic rings. The first-order valence-electron chi connectivity index (χ1n) is 7.66. The highest BCUT2D eigenvalue weighted by atomic mass is 32.2. The van der Waals surface area contributed by atoms with E-state index in [2.05, 4.69) is 62.1 Å². The number of methoxy groups -OCH3 is 1. The van der Waals surface area contributed by atoms with E-state index in [9.17, 15) is 0 Å². The zero-order valence-electron chi connectivity index (χ0n) is 13.3. The van der Waals surface area contributed by atoms with Gasteiger partial charge in [0.25, 0.3) is 0 Å². The molecule has 0 saturated carbocycles. The van der Waals surface area contributed by atoms with Gasteiger partial charge in [0.2, 0.25) is 0 Å². The lowest BCUT2D eigenvalue weighted by atomic mass is 10.1. The van der Waals surface area contributed by atoms with Crippen LogP contribution in [0.25, 0.3) is 0 Å². The molecule has 1 aromatic carbocycles. The lowest BCUT2D eigenvalue weighted by Crippen LogP contribution is -2.24. The summed E-state index contributed by atoms with van der Waals surface area (Å²) in [7, 11) is 1.71. The first-order valence-corrected chi connectivity index (χ1v) is 8.81. The smallest absolute Gasteiger partial charge is 0.118 e. The van der Waals surface area contributed by atoms with Gasteiger partial charge in [-0.3, -0.25) is 0 Å². The summed E-state index contributed by atoms with van der Waals surface area (Å²) in [4.78, 5) is 0. The third-order valence-corrected chi connectivity index (χ3v) is 4.92. The van der Waals surface area contributed by atoms with Crippen molar-refractivity contribution >= 4 is 11.8 Å². The van der Waals surface area contributed by atoms with Crippen molar-refractivity contribution in [1.29, 1.82) is 0 Å². The Morgan fingerprint density at radius 2 is 1.85 bits per heavy atom. The Bertz CT molecular complexity index is 353. The fourth-order valence-electron chi connectivity index (χ4n) is 1.93. The topological polar surface area (TPSA) is 21.3 Å². The van der Waals surface area contributed by atoms with E-state index in [1.54, 1.807) is 7.11 Å². The molecule has 1 N–H and O–H groups in total. The lowest BCUT2D eigenvalue weighted by molar-refractivity contribution is 0.414. The number of hydrogen-bond donors (Lipinski definition) is 1. The molecule has 0 heterocycles. The summed E-state index contributed by atoms with van der Waals surface area (Å²) >= 11 is 2.06. The third-order valence-electron chi connectivity index (χ3n) is 3.54. The fraction of sp³-hybridized carbons (Fsp3) is 0.647. The highest BCUT2D eigenvalue weighted by Gasteiger charge is 2.11. The maximum atomic E-state index is 5.23. The molecule has 20 heavy (non-hydrogen) atoms. The van der Waals surface area contributed by atoms with E-state index >= 15 is 0 Å². The fourth-order valence-corrected chi connectivity index (χ4v) is 3.25. The van der Waals surface area contributed by atoms with Crippen molar-refractivity contribution in [2.24, 2.45) is 5.92 Å². The van der Waals surface area contributed by atoms with Crippen molar-refractivity contribution in [2.45, 2.75) is 39.7 Å². The molecule has 2 nitrogen and oxygen atoms in total. The van der Waals surface area contributed by atoms with E-state index in [-0.39, 0.29) is 0 Å². The van der Waals surface area contributed by atoms with Crippen LogP contribution in [0.4, 0.5) is 0 Å². The zero-order chi connectivity index (χ0) is 14.8. The molecule has 0 radical (unpaired) electrons. The number of hydrogen-bond acceptors (Lipinski definition) is 3. The second-order valence-corrected chi connectivity index (χ2v) is 6.41. The second-order valence-electron chi connectivity index (χ2n) is 5.33. The van der Waals surface area contributed by atoms with Crippen LogP contribution in [0.2, 0.25) is 0 Å². The van der Waals surface area contributed by atoms with Gasteiger partial charge in [-0.25, -0.2) is 0 Å². The van der Waals surface area contributed by atoms with Crippen molar-refractivity contribution in [1.82, 2.24) is 5.32 Å². The molecule has 0 spiro atoms. The average Bonchev–Trinajstić information content (AvgIpc) is 2.50. The molecule has 0 saturated heterocycles. The number of ether oxygens (including phenoxy) is 1. The number of benzene rings is 1. The Morgan fingerprint density at radius 1 is 1.15 bits per heavy atom. The molecule has 0 aliphatic rings. The van der Waals surface area contributed by atoms with Crippen molar-refractivity contribution in [3.8, 4) is 5.75 Å². The predicted octanol–water partition coefficient (Wildman–Crippen LogP) is 4.52. The number of nitrogens with one attached hydrogen (secondary N) is 1. The number of thioether (sulfide) groups is 1. The van der Waals surface area contributed by atoms with E-state index in [0.717, 1.165) is 24.0 Å². The Hall–Kier alpha value is -0.670. The standard InChI is InChI=1S/C17H29NOS/c1-5-11-18-17(13-20-12-14(3)6-2)15-7-9-16(19-4)10-8-15/h7-10,14,17-18H,5-6,11-13H2,1-4H3. The van der Waals surface area contributed by atoms with Crippen LogP contribution in [0.3, 0.4) is 0 Å². The van der Waals surface area contributed by atoms with Crippen molar-refractivity contribution in [3.05, 3.63) is 29.8 Å². The summed E-state index contributed by atoms with van der Waals surface area (Å²) in [6, 6.07) is 8.89. The van der Waals surface area contributed by atoms with Gasteiger partial charge in [-0.2, -0.15) is 11.8 Å². The molecule has 0 amide bonds. The highest BCUT2D eigenvalue weighted by Crippen LogP contribution is 2.23. The van der Waals surface area contributed by atoms with Gasteiger partial charge in [-0.05, 0) is 42.3 Å². The van der Waals surface area contributed by atoms with Gasteiger partial charge in [0.1, 0.15) is 5.75 Å². The maximum absolute atomic E-state index is 5.23. The Morgan fingerprint density at radius 3 is 2.40 bits per heavy atom. The lowest BCUT2D eigenvalue weighted by Gasteiger charge is -2.20. The van der Waals surface area contributed by atoms with Gasteiger partial charge in [0, 0.05) is 11.8 Å². The van der Waals surface area contributed by atoms with Crippen LogP contribution in [-0.4, -0.2) is 25.2 Å². The molecule has 114 valence electrons. The van der Waals surface area contributed by atoms with E-state index in [4.69, 9.17) is 4.74 Å². The summed E-state index contributed by atoms with van der Waals surface area (Å²) in [5, 5.41) is 3.65. The molecule has 1 rings (SSSR count). The molecular formula is C17H29NOS. The quantitative estimate of drug-likeness (QED) is 0.686. The minimum absolute atomic E-state index is 0.440. The minimum atomic E-state index is 0.440. The van der Waals surface area contributed by atoms with Crippen LogP contribution < -0.4 is 10.1 Å². The molecular weight excluding hydrogens is 266 g/mol. The van der Waals surface area contributed by atoms with Crippen LogP contribution >= 0.6 is 11.8 Å². The van der Waals surface area contributed by atoms with Gasteiger partial charge in [0.05, 0.1) is 7.11 Å². The first-order chi connectivity index (χ1) is 9.71. The van der Waals surface area contributed by atoms with E-state index < -0.39 is 0 Å². The average molecular weight is 295 g/mol. The largest absolute Gasteiger partial charge is 0.497 e. The van der Waals surface area contributed by atoms with Gasteiger partial charge in [0.15, 0.2) is 0 Å². The number of rotatable bonds is 10. The summed E-state index contributed by atoms with van der Waals surface area (Å²) in [5.74, 6) is 4.12. The van der Waals surface area contributed by atoms with Crippen molar-refractivity contribution in [3.63, 3.8) is 0 Å². The first kappa shape index (κ1) is 17.4. The molecule has 3 heteroatoms. The molecule has 0 fully saturated rings. The Balaban J connectivity index is 2.57. The maximum Gasteiger partial charge on any atom is 0.118 e. The van der Waals surface area contributed by atoms with Gasteiger partial charge < -0.3 is 10.1 Å². The summed E-state index contributed by atoms with van der Waals surface area (Å²) in [6.45, 7) is 7.88. The Kier molecular flexibility index (Phi) is 8.79. The monoisotopic (exact) mass is 295 g/mol. The molecule has 0 aliphatic carbocycles. The van der Waals surface area contributed by atoms with E-state index in [0.29, 0.717) is 6.04 Å². The van der Waals surface area contributed by atoms with Crippen molar-refractivity contribution in [2.75, 3.05) is 25.2 Å². The highest BCUT2D eigenvalue weighted by molar-refractivity contribution is 7.99. The van der Waals surface area contributed by atoms with Gasteiger partial charge in [-0.1, -0.05) is 39.3 Å².